The van der Waals surface area contributed by atoms with Crippen LogP contribution in [0.1, 0.15) is 27.2 Å². The molecule has 1 atom stereocenters. The molecule has 2 heterocycles. The number of aromatic nitrogens is 2. The number of hydrogen-bond acceptors (Lipinski definition) is 6. The second kappa shape index (κ2) is 7.17. The lowest BCUT2D eigenvalue weighted by molar-refractivity contribution is 0.0289. The lowest BCUT2D eigenvalue weighted by Crippen LogP contribution is -2.35. The Balaban J connectivity index is 1.80. The van der Waals surface area contributed by atoms with Crippen LogP contribution in [-0.2, 0) is 4.74 Å². The molecule has 1 saturated heterocycles. The quantitative estimate of drug-likeness (QED) is 0.678. The van der Waals surface area contributed by atoms with Crippen molar-refractivity contribution in [3.63, 3.8) is 0 Å². The van der Waals surface area contributed by atoms with E-state index in [1.165, 1.54) is 11.8 Å². The molecule has 122 valence electrons. The number of hydrogen-bond donors (Lipinski definition) is 1. The Kier molecular flexibility index (Phi) is 5.50. The van der Waals surface area contributed by atoms with Gasteiger partial charge in [-0.15, -0.1) is 0 Å². The molecule has 2 rings (SSSR count). The summed E-state index contributed by atoms with van der Waals surface area (Å²) in [5, 5.41) is 4.08. The summed E-state index contributed by atoms with van der Waals surface area (Å²) in [6.45, 7) is 7.93. The third kappa shape index (κ3) is 5.05. The fourth-order valence-electron chi connectivity index (χ4n) is 2.28. The maximum absolute atomic E-state index is 12.0. The predicted octanol–water partition coefficient (Wildman–Crippen LogP) is 2.87. The van der Waals surface area contributed by atoms with Gasteiger partial charge in [-0.1, -0.05) is 11.8 Å². The number of anilines is 1. The number of nitrogens with zero attached hydrogens (tertiary/aromatic N) is 3. The van der Waals surface area contributed by atoms with Gasteiger partial charge in [0.2, 0.25) is 0 Å². The van der Waals surface area contributed by atoms with Crippen LogP contribution in [0.2, 0.25) is 0 Å². The summed E-state index contributed by atoms with van der Waals surface area (Å²) in [7, 11) is 0. The molecule has 0 spiro atoms. The van der Waals surface area contributed by atoms with E-state index in [9.17, 15) is 4.79 Å². The molecule has 0 saturated carbocycles. The van der Waals surface area contributed by atoms with Crippen molar-refractivity contribution in [2.75, 3.05) is 31.2 Å². The minimum atomic E-state index is -0.442. The SMILES string of the molecule is CSc1nccc(NC[C@H]2CCN(C(=O)OC(C)(C)C)C2)n1. The third-order valence-electron chi connectivity index (χ3n) is 3.33. The molecule has 22 heavy (non-hydrogen) atoms. The van der Waals surface area contributed by atoms with Crippen molar-refractivity contribution in [3.8, 4) is 0 Å². The molecule has 0 aromatic carbocycles. The van der Waals surface area contributed by atoms with E-state index in [2.05, 4.69) is 15.3 Å². The van der Waals surface area contributed by atoms with Gasteiger partial charge in [-0.25, -0.2) is 14.8 Å². The summed E-state index contributed by atoms with van der Waals surface area (Å²) in [4.78, 5) is 22.3. The molecule has 1 aliphatic rings. The zero-order chi connectivity index (χ0) is 16.2. The van der Waals surface area contributed by atoms with Crippen molar-refractivity contribution < 1.29 is 9.53 Å². The summed E-state index contributed by atoms with van der Waals surface area (Å²) in [6, 6.07) is 1.86. The molecular weight excluding hydrogens is 300 g/mol. The lowest BCUT2D eigenvalue weighted by atomic mass is 10.1. The van der Waals surface area contributed by atoms with Crippen LogP contribution in [0.3, 0.4) is 0 Å². The van der Waals surface area contributed by atoms with E-state index < -0.39 is 5.60 Å². The van der Waals surface area contributed by atoms with Gasteiger partial charge in [0, 0.05) is 25.8 Å². The maximum Gasteiger partial charge on any atom is 0.410 e. The maximum atomic E-state index is 12.0. The Labute approximate surface area is 136 Å². The van der Waals surface area contributed by atoms with Crippen LogP contribution >= 0.6 is 11.8 Å². The van der Waals surface area contributed by atoms with Crippen molar-refractivity contribution in [2.45, 2.75) is 37.9 Å². The van der Waals surface area contributed by atoms with Crippen LogP contribution in [0.15, 0.2) is 17.4 Å². The highest BCUT2D eigenvalue weighted by atomic mass is 32.2. The first-order chi connectivity index (χ1) is 10.4. The summed E-state index contributed by atoms with van der Waals surface area (Å²) < 4.78 is 5.41. The number of rotatable bonds is 4. The van der Waals surface area contributed by atoms with E-state index in [-0.39, 0.29) is 6.09 Å². The standard InChI is InChI=1S/C15H24N4O2S/c1-15(2,3)21-14(20)19-8-6-11(10-19)9-17-12-5-7-16-13(18-12)22-4/h5,7,11H,6,8-10H2,1-4H3,(H,16,17,18)/t11-/m1/s1. The largest absolute Gasteiger partial charge is 0.444 e. The van der Waals surface area contributed by atoms with E-state index in [0.29, 0.717) is 5.92 Å². The highest BCUT2D eigenvalue weighted by Gasteiger charge is 2.29. The summed E-state index contributed by atoms with van der Waals surface area (Å²) >= 11 is 1.52. The monoisotopic (exact) mass is 324 g/mol. The van der Waals surface area contributed by atoms with Gasteiger partial charge in [0.15, 0.2) is 5.16 Å². The number of amides is 1. The van der Waals surface area contributed by atoms with Gasteiger partial charge < -0.3 is 15.0 Å². The molecule has 7 heteroatoms. The Morgan fingerprint density at radius 1 is 1.55 bits per heavy atom. The molecule has 1 aromatic heterocycles. The van der Waals surface area contributed by atoms with Crippen molar-refractivity contribution in [1.82, 2.24) is 14.9 Å². The number of thioether (sulfide) groups is 1. The molecule has 1 aromatic rings. The van der Waals surface area contributed by atoms with Crippen molar-refractivity contribution in [2.24, 2.45) is 5.92 Å². The van der Waals surface area contributed by atoms with E-state index in [1.54, 1.807) is 11.1 Å². The zero-order valence-electron chi connectivity index (χ0n) is 13.6. The summed E-state index contributed by atoms with van der Waals surface area (Å²) in [5.74, 6) is 1.25. The molecule has 1 N–H and O–H groups in total. The van der Waals surface area contributed by atoms with Crippen molar-refractivity contribution in [3.05, 3.63) is 12.3 Å². The zero-order valence-corrected chi connectivity index (χ0v) is 14.4. The Morgan fingerprint density at radius 3 is 3.00 bits per heavy atom. The molecule has 1 fully saturated rings. The fourth-order valence-corrected chi connectivity index (χ4v) is 2.63. The van der Waals surface area contributed by atoms with Gasteiger partial charge in [0.25, 0.3) is 0 Å². The first-order valence-electron chi connectivity index (χ1n) is 7.46. The molecule has 0 bridgehead atoms. The van der Waals surface area contributed by atoms with E-state index in [4.69, 9.17) is 4.74 Å². The van der Waals surface area contributed by atoms with Crippen LogP contribution in [0, 0.1) is 5.92 Å². The smallest absolute Gasteiger partial charge is 0.410 e. The first-order valence-corrected chi connectivity index (χ1v) is 8.68. The third-order valence-corrected chi connectivity index (χ3v) is 3.89. The lowest BCUT2D eigenvalue weighted by Gasteiger charge is -2.24. The average molecular weight is 324 g/mol. The highest BCUT2D eigenvalue weighted by Crippen LogP contribution is 2.20. The molecule has 0 radical (unpaired) electrons. The summed E-state index contributed by atoms with van der Waals surface area (Å²) in [6.07, 6.45) is 4.46. The Bertz CT molecular complexity index is 519. The predicted molar refractivity (Wildman–Crippen MR) is 88.2 cm³/mol. The molecule has 0 aliphatic carbocycles. The number of likely N-dealkylation sites (tertiary alicyclic amines) is 1. The molecular formula is C15H24N4O2S. The van der Waals surface area contributed by atoms with E-state index in [1.807, 2.05) is 33.1 Å². The second-order valence-electron chi connectivity index (χ2n) is 6.39. The molecule has 1 amide bonds. The first kappa shape index (κ1) is 16.9. The Morgan fingerprint density at radius 2 is 2.32 bits per heavy atom. The van der Waals surface area contributed by atoms with Gasteiger partial charge in [-0.05, 0) is 45.4 Å². The van der Waals surface area contributed by atoms with Gasteiger partial charge in [-0.2, -0.15) is 0 Å². The molecule has 6 nitrogen and oxygen atoms in total. The topological polar surface area (TPSA) is 67.4 Å². The van der Waals surface area contributed by atoms with Gasteiger partial charge in [-0.3, -0.25) is 0 Å². The molecule has 0 unspecified atom stereocenters. The van der Waals surface area contributed by atoms with E-state index in [0.717, 1.165) is 37.0 Å². The number of carbonyl (C=O) groups is 1. The second-order valence-corrected chi connectivity index (χ2v) is 7.16. The molecule has 1 aliphatic heterocycles. The fraction of sp³-hybridized carbons (Fsp3) is 0.667. The highest BCUT2D eigenvalue weighted by molar-refractivity contribution is 7.98. The van der Waals surface area contributed by atoms with Gasteiger partial charge in [0.05, 0.1) is 0 Å². The Hall–Kier alpha value is -1.50. The minimum absolute atomic E-state index is 0.221. The van der Waals surface area contributed by atoms with Crippen molar-refractivity contribution in [1.29, 1.82) is 0 Å². The van der Waals surface area contributed by atoms with Crippen LogP contribution in [0.5, 0.6) is 0 Å². The van der Waals surface area contributed by atoms with Crippen molar-refractivity contribution >= 4 is 23.7 Å². The van der Waals surface area contributed by atoms with Gasteiger partial charge in [0.1, 0.15) is 11.4 Å². The minimum Gasteiger partial charge on any atom is -0.444 e. The number of carbonyl (C=O) groups excluding carboxylic acids is 1. The van der Waals surface area contributed by atoms with Crippen LogP contribution < -0.4 is 5.32 Å². The number of nitrogens with one attached hydrogen (secondary N) is 1. The van der Waals surface area contributed by atoms with Crippen LogP contribution in [0.25, 0.3) is 0 Å². The average Bonchev–Trinajstić information content (AvgIpc) is 2.92. The van der Waals surface area contributed by atoms with Crippen LogP contribution in [-0.4, -0.2) is 52.5 Å². The number of ether oxygens (including phenoxy) is 1. The summed E-state index contributed by atoms with van der Waals surface area (Å²) in [5.41, 5.74) is -0.442. The van der Waals surface area contributed by atoms with Crippen LogP contribution in [0.4, 0.5) is 10.6 Å². The van der Waals surface area contributed by atoms with Gasteiger partial charge >= 0.3 is 6.09 Å². The normalized spacial score (nSPS) is 18.4. The van der Waals surface area contributed by atoms with E-state index >= 15 is 0 Å².